The first-order chi connectivity index (χ1) is 14.1. The largest absolute Gasteiger partial charge is 0.486 e. The second-order valence-corrected chi connectivity index (χ2v) is 7.72. The molecule has 2 aliphatic rings. The van der Waals surface area contributed by atoms with Gasteiger partial charge in [0.2, 0.25) is 6.79 Å². The van der Waals surface area contributed by atoms with Gasteiger partial charge < -0.3 is 23.8 Å². The molecule has 0 unspecified atom stereocenters. The van der Waals surface area contributed by atoms with Crippen LogP contribution in [0.5, 0.6) is 17.2 Å². The summed E-state index contributed by atoms with van der Waals surface area (Å²) in [4.78, 5) is 30.9. The van der Waals surface area contributed by atoms with Crippen LogP contribution in [0.15, 0.2) is 23.6 Å². The lowest BCUT2D eigenvalue weighted by Gasteiger charge is -2.31. The van der Waals surface area contributed by atoms with Crippen molar-refractivity contribution in [1.29, 1.82) is 0 Å². The number of ether oxygens (including phenoxy) is 4. The van der Waals surface area contributed by atoms with Crippen molar-refractivity contribution in [2.45, 2.75) is 26.4 Å². The highest BCUT2D eigenvalue weighted by Gasteiger charge is 2.30. The van der Waals surface area contributed by atoms with Crippen molar-refractivity contribution in [2.24, 2.45) is 5.92 Å². The minimum atomic E-state index is -0.264. The lowest BCUT2D eigenvalue weighted by molar-refractivity contribution is -0.149. The Bertz CT molecular complexity index is 899. The van der Waals surface area contributed by atoms with Crippen molar-refractivity contribution in [3.63, 3.8) is 0 Å². The number of piperidine rings is 1. The van der Waals surface area contributed by atoms with E-state index in [1.807, 2.05) is 0 Å². The van der Waals surface area contributed by atoms with Crippen LogP contribution >= 0.6 is 11.3 Å². The van der Waals surface area contributed by atoms with Crippen LogP contribution in [0.2, 0.25) is 0 Å². The first kappa shape index (κ1) is 19.5. The third-order valence-corrected chi connectivity index (χ3v) is 5.63. The SMILES string of the molecule is CCOC(=O)[C@H]1CCCN(C(=O)c2csc(COc3ccc4c(c3)OCO4)n2)C1. The molecule has 1 atom stereocenters. The van der Waals surface area contributed by atoms with Crippen LogP contribution in [0, 0.1) is 5.92 Å². The molecule has 154 valence electrons. The summed E-state index contributed by atoms with van der Waals surface area (Å²) in [5.74, 6) is 1.33. The summed E-state index contributed by atoms with van der Waals surface area (Å²) in [7, 11) is 0. The number of nitrogens with zero attached hydrogens (tertiary/aromatic N) is 2. The van der Waals surface area contributed by atoms with Gasteiger partial charge in [-0.05, 0) is 31.9 Å². The maximum absolute atomic E-state index is 12.8. The zero-order valence-electron chi connectivity index (χ0n) is 16.1. The molecule has 29 heavy (non-hydrogen) atoms. The van der Waals surface area contributed by atoms with Crippen LogP contribution in [0.3, 0.4) is 0 Å². The molecule has 0 spiro atoms. The van der Waals surface area contributed by atoms with Crippen molar-refractivity contribution in [3.05, 3.63) is 34.3 Å². The van der Waals surface area contributed by atoms with Crippen LogP contribution in [0.1, 0.15) is 35.3 Å². The molecule has 0 aliphatic carbocycles. The molecule has 1 fully saturated rings. The van der Waals surface area contributed by atoms with Crippen LogP contribution in [0.4, 0.5) is 0 Å². The van der Waals surface area contributed by atoms with Gasteiger partial charge in [0.05, 0.1) is 12.5 Å². The minimum Gasteiger partial charge on any atom is -0.486 e. The number of carbonyl (C=O) groups excluding carboxylic acids is 2. The van der Waals surface area contributed by atoms with E-state index in [1.165, 1.54) is 11.3 Å². The smallest absolute Gasteiger partial charge is 0.310 e. The van der Waals surface area contributed by atoms with Crippen molar-refractivity contribution in [1.82, 2.24) is 9.88 Å². The average molecular weight is 418 g/mol. The fourth-order valence-electron chi connectivity index (χ4n) is 3.36. The van der Waals surface area contributed by atoms with E-state index in [1.54, 1.807) is 35.4 Å². The van der Waals surface area contributed by atoms with Gasteiger partial charge in [0.25, 0.3) is 5.91 Å². The molecule has 8 nitrogen and oxygen atoms in total. The van der Waals surface area contributed by atoms with E-state index in [2.05, 4.69) is 4.98 Å². The molecule has 2 aliphatic heterocycles. The number of carbonyl (C=O) groups is 2. The predicted molar refractivity (Wildman–Crippen MR) is 104 cm³/mol. The number of amides is 1. The monoisotopic (exact) mass is 418 g/mol. The summed E-state index contributed by atoms with van der Waals surface area (Å²) in [5, 5.41) is 2.43. The zero-order chi connectivity index (χ0) is 20.2. The van der Waals surface area contributed by atoms with E-state index in [4.69, 9.17) is 18.9 Å². The molecule has 0 radical (unpaired) electrons. The van der Waals surface area contributed by atoms with Gasteiger partial charge in [0.15, 0.2) is 11.5 Å². The van der Waals surface area contributed by atoms with Crippen LogP contribution < -0.4 is 14.2 Å². The van der Waals surface area contributed by atoms with Crippen molar-refractivity contribution in [3.8, 4) is 17.2 Å². The van der Waals surface area contributed by atoms with E-state index in [9.17, 15) is 9.59 Å². The standard InChI is InChI=1S/C20H22N2O6S/c1-2-25-20(24)13-4-3-7-22(9-13)19(23)15-11-29-18(21-15)10-26-14-5-6-16-17(8-14)28-12-27-16/h5-6,8,11,13H,2-4,7,9-10,12H2,1H3/t13-/m0/s1. The molecule has 0 N–H and O–H groups in total. The Labute approximate surface area is 172 Å². The Hall–Kier alpha value is -2.81. The summed E-state index contributed by atoms with van der Waals surface area (Å²) in [5.41, 5.74) is 0.379. The molecule has 1 amide bonds. The van der Waals surface area contributed by atoms with Gasteiger partial charge in [-0.25, -0.2) is 4.98 Å². The van der Waals surface area contributed by atoms with Crippen molar-refractivity contribution in [2.75, 3.05) is 26.5 Å². The maximum Gasteiger partial charge on any atom is 0.310 e. The number of benzene rings is 1. The Morgan fingerprint density at radius 1 is 1.31 bits per heavy atom. The van der Waals surface area contributed by atoms with Gasteiger partial charge in [-0.15, -0.1) is 11.3 Å². The van der Waals surface area contributed by atoms with Gasteiger partial charge >= 0.3 is 5.97 Å². The predicted octanol–water partition coefficient (Wildman–Crippen LogP) is 2.87. The van der Waals surface area contributed by atoms with Crippen LogP contribution in [-0.4, -0.2) is 48.2 Å². The number of fused-ring (bicyclic) bond motifs is 1. The van der Waals surface area contributed by atoms with E-state index in [0.717, 1.165) is 12.8 Å². The van der Waals surface area contributed by atoms with Gasteiger partial charge in [-0.1, -0.05) is 0 Å². The second kappa shape index (κ2) is 8.69. The van der Waals surface area contributed by atoms with E-state index in [-0.39, 0.29) is 31.2 Å². The Kier molecular flexibility index (Phi) is 5.84. The Balaban J connectivity index is 1.34. The van der Waals surface area contributed by atoms with Gasteiger partial charge in [-0.3, -0.25) is 9.59 Å². The first-order valence-corrected chi connectivity index (χ1v) is 10.4. The first-order valence-electron chi connectivity index (χ1n) is 9.57. The summed E-state index contributed by atoms with van der Waals surface area (Å²) < 4.78 is 21.5. The number of hydrogen-bond acceptors (Lipinski definition) is 8. The highest BCUT2D eigenvalue weighted by Crippen LogP contribution is 2.35. The second-order valence-electron chi connectivity index (χ2n) is 6.77. The molecule has 2 aromatic rings. The molecule has 9 heteroatoms. The van der Waals surface area contributed by atoms with E-state index >= 15 is 0 Å². The number of rotatable bonds is 6. The summed E-state index contributed by atoms with van der Waals surface area (Å²) in [6.45, 7) is 3.59. The molecule has 0 saturated carbocycles. The lowest BCUT2D eigenvalue weighted by atomic mass is 9.98. The van der Waals surface area contributed by atoms with Crippen molar-refractivity contribution >= 4 is 23.2 Å². The number of esters is 1. The molecule has 0 bridgehead atoms. The van der Waals surface area contributed by atoms with Crippen LogP contribution in [0.25, 0.3) is 0 Å². The Morgan fingerprint density at radius 2 is 2.17 bits per heavy atom. The lowest BCUT2D eigenvalue weighted by Crippen LogP contribution is -2.43. The highest BCUT2D eigenvalue weighted by atomic mass is 32.1. The van der Waals surface area contributed by atoms with Gasteiger partial charge in [0.1, 0.15) is 23.1 Å². The quantitative estimate of drug-likeness (QED) is 0.667. The van der Waals surface area contributed by atoms with Crippen molar-refractivity contribution < 1.29 is 28.5 Å². The van der Waals surface area contributed by atoms with E-state index < -0.39 is 0 Å². The topological polar surface area (TPSA) is 87.2 Å². The minimum absolute atomic E-state index is 0.162. The molecular formula is C20H22N2O6S. The molecular weight excluding hydrogens is 396 g/mol. The molecule has 1 aromatic heterocycles. The Morgan fingerprint density at radius 3 is 3.03 bits per heavy atom. The zero-order valence-corrected chi connectivity index (χ0v) is 16.9. The summed E-state index contributed by atoms with van der Waals surface area (Å²) >= 11 is 1.37. The third-order valence-electron chi connectivity index (χ3n) is 4.81. The highest BCUT2D eigenvalue weighted by molar-refractivity contribution is 7.09. The van der Waals surface area contributed by atoms with E-state index in [0.29, 0.717) is 47.6 Å². The molecule has 1 saturated heterocycles. The maximum atomic E-state index is 12.8. The molecule has 1 aromatic carbocycles. The average Bonchev–Trinajstić information content (AvgIpc) is 3.41. The van der Waals surface area contributed by atoms with Gasteiger partial charge in [-0.2, -0.15) is 0 Å². The normalized spacial score (nSPS) is 17.8. The number of thiazole rings is 1. The summed E-state index contributed by atoms with van der Waals surface area (Å²) in [6, 6.07) is 5.37. The molecule has 4 rings (SSSR count). The number of hydrogen-bond donors (Lipinski definition) is 0. The number of aromatic nitrogens is 1. The molecule has 3 heterocycles. The fraction of sp³-hybridized carbons (Fsp3) is 0.450. The van der Waals surface area contributed by atoms with Gasteiger partial charge in [0, 0.05) is 24.5 Å². The third kappa shape index (κ3) is 4.45. The van der Waals surface area contributed by atoms with Crippen LogP contribution in [-0.2, 0) is 16.1 Å². The summed E-state index contributed by atoms with van der Waals surface area (Å²) in [6.07, 6.45) is 1.52. The number of likely N-dealkylation sites (tertiary alicyclic amines) is 1. The fourth-order valence-corrected chi connectivity index (χ4v) is 4.04.